The maximum absolute atomic E-state index is 12.0. The van der Waals surface area contributed by atoms with Gasteiger partial charge in [-0.2, -0.15) is 11.8 Å². The fraction of sp³-hybridized carbons (Fsp3) is 0.533. The smallest absolute Gasteiger partial charge is 0.232 e. The Labute approximate surface area is 120 Å². The average molecular weight is 280 g/mol. The zero-order chi connectivity index (χ0) is 14.3. The van der Waals surface area contributed by atoms with E-state index in [1.165, 1.54) is 11.1 Å². The number of benzene rings is 1. The second kappa shape index (κ2) is 8.23. The fourth-order valence-electron chi connectivity index (χ4n) is 1.66. The van der Waals surface area contributed by atoms with Crippen LogP contribution >= 0.6 is 11.8 Å². The molecule has 2 N–H and O–H groups in total. The van der Waals surface area contributed by atoms with Crippen molar-refractivity contribution < 1.29 is 4.79 Å². The second-order valence-corrected chi connectivity index (χ2v) is 6.06. The number of carbonyl (C=O) groups excluding carboxylic acids is 1. The van der Waals surface area contributed by atoms with E-state index in [0.29, 0.717) is 24.8 Å². The normalized spacial score (nSPS) is 12.2. The SMILES string of the molecule is Cc1ccccc1CN(C)C(=O)CSCC(C)CN. The van der Waals surface area contributed by atoms with E-state index in [1.807, 2.05) is 19.2 Å². The Morgan fingerprint density at radius 3 is 2.74 bits per heavy atom. The minimum Gasteiger partial charge on any atom is -0.341 e. The third-order valence-electron chi connectivity index (χ3n) is 3.12. The van der Waals surface area contributed by atoms with Crippen LogP contribution < -0.4 is 5.73 Å². The number of carbonyl (C=O) groups is 1. The summed E-state index contributed by atoms with van der Waals surface area (Å²) >= 11 is 1.67. The van der Waals surface area contributed by atoms with Gasteiger partial charge in [0.2, 0.25) is 5.91 Å². The van der Waals surface area contributed by atoms with Crippen molar-refractivity contribution >= 4 is 17.7 Å². The van der Waals surface area contributed by atoms with Gasteiger partial charge in [0, 0.05) is 13.6 Å². The van der Waals surface area contributed by atoms with Gasteiger partial charge in [0.05, 0.1) is 5.75 Å². The molecular weight excluding hydrogens is 256 g/mol. The molecule has 4 heteroatoms. The molecule has 1 aromatic rings. The lowest BCUT2D eigenvalue weighted by Gasteiger charge is -2.18. The van der Waals surface area contributed by atoms with E-state index in [9.17, 15) is 4.79 Å². The van der Waals surface area contributed by atoms with Crippen LogP contribution in [0.25, 0.3) is 0 Å². The Hall–Kier alpha value is -1.000. The van der Waals surface area contributed by atoms with Gasteiger partial charge in [0.15, 0.2) is 0 Å². The molecule has 106 valence electrons. The van der Waals surface area contributed by atoms with Crippen LogP contribution in [-0.4, -0.2) is 35.9 Å². The Kier molecular flexibility index (Phi) is 6.95. The first-order valence-corrected chi connectivity index (χ1v) is 7.76. The zero-order valence-electron chi connectivity index (χ0n) is 12.1. The monoisotopic (exact) mass is 280 g/mol. The van der Waals surface area contributed by atoms with Gasteiger partial charge in [0.1, 0.15) is 0 Å². The van der Waals surface area contributed by atoms with E-state index in [2.05, 4.69) is 26.0 Å². The highest BCUT2D eigenvalue weighted by Crippen LogP contribution is 2.12. The van der Waals surface area contributed by atoms with Crippen molar-refractivity contribution in [1.29, 1.82) is 0 Å². The molecule has 3 nitrogen and oxygen atoms in total. The summed E-state index contributed by atoms with van der Waals surface area (Å²) in [5.41, 5.74) is 7.99. The van der Waals surface area contributed by atoms with Crippen LogP contribution in [0, 0.1) is 12.8 Å². The molecule has 0 aliphatic carbocycles. The minimum atomic E-state index is 0.178. The average Bonchev–Trinajstić information content (AvgIpc) is 2.40. The number of hydrogen-bond acceptors (Lipinski definition) is 3. The first kappa shape index (κ1) is 16.1. The van der Waals surface area contributed by atoms with Crippen molar-refractivity contribution in [2.24, 2.45) is 11.7 Å². The molecule has 1 unspecified atom stereocenters. The summed E-state index contributed by atoms with van der Waals surface area (Å²) in [6, 6.07) is 8.18. The molecule has 0 aliphatic rings. The quantitative estimate of drug-likeness (QED) is 0.833. The Bertz CT molecular complexity index is 409. The third kappa shape index (κ3) is 5.66. The van der Waals surface area contributed by atoms with E-state index in [-0.39, 0.29) is 5.91 Å². The molecule has 0 radical (unpaired) electrons. The lowest BCUT2D eigenvalue weighted by atomic mass is 10.1. The summed E-state index contributed by atoms with van der Waals surface area (Å²) in [6.45, 7) is 5.54. The van der Waals surface area contributed by atoms with Crippen LogP contribution in [0.2, 0.25) is 0 Å². The van der Waals surface area contributed by atoms with Crippen LogP contribution in [0.4, 0.5) is 0 Å². The van der Waals surface area contributed by atoms with Gasteiger partial charge < -0.3 is 10.6 Å². The van der Waals surface area contributed by atoms with E-state index in [4.69, 9.17) is 5.73 Å². The Morgan fingerprint density at radius 1 is 1.42 bits per heavy atom. The minimum absolute atomic E-state index is 0.178. The molecule has 19 heavy (non-hydrogen) atoms. The van der Waals surface area contributed by atoms with Gasteiger partial charge in [-0.05, 0) is 36.3 Å². The van der Waals surface area contributed by atoms with Gasteiger partial charge >= 0.3 is 0 Å². The zero-order valence-corrected chi connectivity index (χ0v) is 12.9. The second-order valence-electron chi connectivity index (χ2n) is 5.03. The van der Waals surface area contributed by atoms with Gasteiger partial charge in [-0.1, -0.05) is 31.2 Å². The number of thioether (sulfide) groups is 1. The van der Waals surface area contributed by atoms with Gasteiger partial charge in [-0.15, -0.1) is 0 Å². The summed E-state index contributed by atoms with van der Waals surface area (Å²) in [7, 11) is 1.86. The predicted molar refractivity (Wildman–Crippen MR) is 83.2 cm³/mol. The van der Waals surface area contributed by atoms with Crippen LogP contribution in [0.1, 0.15) is 18.1 Å². The molecule has 0 bridgehead atoms. The van der Waals surface area contributed by atoms with Crippen molar-refractivity contribution in [3.8, 4) is 0 Å². The maximum Gasteiger partial charge on any atom is 0.232 e. The fourth-order valence-corrected chi connectivity index (χ4v) is 2.71. The van der Waals surface area contributed by atoms with E-state index < -0.39 is 0 Å². The van der Waals surface area contributed by atoms with Gasteiger partial charge in [-0.3, -0.25) is 4.79 Å². The van der Waals surface area contributed by atoms with Crippen LogP contribution in [0.3, 0.4) is 0 Å². The first-order chi connectivity index (χ1) is 9.04. The summed E-state index contributed by atoms with van der Waals surface area (Å²) in [6.07, 6.45) is 0. The first-order valence-electron chi connectivity index (χ1n) is 6.61. The lowest BCUT2D eigenvalue weighted by Crippen LogP contribution is -2.28. The molecule has 0 spiro atoms. The van der Waals surface area contributed by atoms with E-state index in [1.54, 1.807) is 16.7 Å². The summed E-state index contributed by atoms with van der Waals surface area (Å²) in [4.78, 5) is 13.8. The largest absolute Gasteiger partial charge is 0.341 e. The Balaban J connectivity index is 2.39. The summed E-state index contributed by atoms with van der Waals surface area (Å²) in [5, 5.41) is 0. The number of nitrogens with zero attached hydrogens (tertiary/aromatic N) is 1. The standard InChI is InChI=1S/C15H24N2OS/c1-12(8-16)10-19-11-15(18)17(3)9-14-7-5-4-6-13(14)2/h4-7,12H,8-11,16H2,1-3H3. The predicted octanol–water partition coefficient (Wildman–Crippen LogP) is 2.28. The number of aryl methyl sites for hydroxylation is 1. The molecule has 1 atom stereocenters. The molecule has 1 amide bonds. The van der Waals surface area contributed by atoms with Crippen molar-refractivity contribution in [1.82, 2.24) is 4.90 Å². The highest BCUT2D eigenvalue weighted by molar-refractivity contribution is 7.99. The molecule has 0 heterocycles. The molecule has 0 fully saturated rings. The topological polar surface area (TPSA) is 46.3 Å². The molecule has 0 aliphatic heterocycles. The number of amides is 1. The lowest BCUT2D eigenvalue weighted by molar-refractivity contribution is -0.127. The van der Waals surface area contributed by atoms with Crippen LogP contribution in [-0.2, 0) is 11.3 Å². The van der Waals surface area contributed by atoms with Crippen molar-refractivity contribution in [3.63, 3.8) is 0 Å². The third-order valence-corrected chi connectivity index (χ3v) is 4.38. The van der Waals surface area contributed by atoms with Crippen molar-refractivity contribution in [2.75, 3.05) is 25.1 Å². The number of hydrogen-bond donors (Lipinski definition) is 1. The molecular formula is C15H24N2OS. The van der Waals surface area contributed by atoms with Crippen molar-refractivity contribution in [2.45, 2.75) is 20.4 Å². The molecule has 0 aromatic heterocycles. The van der Waals surface area contributed by atoms with Gasteiger partial charge in [-0.25, -0.2) is 0 Å². The van der Waals surface area contributed by atoms with Crippen LogP contribution in [0.15, 0.2) is 24.3 Å². The summed E-state index contributed by atoms with van der Waals surface area (Å²) < 4.78 is 0. The number of rotatable bonds is 7. The highest BCUT2D eigenvalue weighted by Gasteiger charge is 2.11. The van der Waals surface area contributed by atoms with Crippen molar-refractivity contribution in [3.05, 3.63) is 35.4 Å². The Morgan fingerprint density at radius 2 is 2.11 bits per heavy atom. The summed E-state index contributed by atoms with van der Waals surface area (Å²) in [5.74, 6) is 2.13. The van der Waals surface area contributed by atoms with E-state index >= 15 is 0 Å². The maximum atomic E-state index is 12.0. The number of nitrogens with two attached hydrogens (primary N) is 1. The van der Waals surface area contributed by atoms with E-state index in [0.717, 1.165) is 5.75 Å². The molecule has 1 rings (SSSR count). The molecule has 1 aromatic carbocycles. The highest BCUT2D eigenvalue weighted by atomic mass is 32.2. The molecule has 0 saturated heterocycles. The van der Waals surface area contributed by atoms with Gasteiger partial charge in [0.25, 0.3) is 0 Å². The van der Waals surface area contributed by atoms with Crippen LogP contribution in [0.5, 0.6) is 0 Å². The molecule has 0 saturated carbocycles.